The molecule has 2 N–H and O–H groups in total. The van der Waals surface area contributed by atoms with E-state index in [0.29, 0.717) is 12.3 Å². The summed E-state index contributed by atoms with van der Waals surface area (Å²) in [7, 11) is 1.62. The van der Waals surface area contributed by atoms with Crippen molar-refractivity contribution in [2.45, 2.75) is 32.4 Å². The molecule has 0 bridgehead atoms. The van der Waals surface area contributed by atoms with Gasteiger partial charge in [0, 0.05) is 12.8 Å². The molecule has 2 aromatic carbocycles. The highest BCUT2D eigenvalue weighted by atomic mass is 16.5. The first-order chi connectivity index (χ1) is 11.9. The van der Waals surface area contributed by atoms with Crippen molar-refractivity contribution in [3.63, 3.8) is 0 Å². The van der Waals surface area contributed by atoms with Crippen molar-refractivity contribution in [1.29, 1.82) is 0 Å². The Bertz CT molecular complexity index is 671. The lowest BCUT2D eigenvalue weighted by molar-refractivity contribution is 0.123. The van der Waals surface area contributed by atoms with E-state index in [0.717, 1.165) is 11.3 Å². The van der Waals surface area contributed by atoms with E-state index in [1.165, 1.54) is 0 Å². The van der Waals surface area contributed by atoms with E-state index in [2.05, 4.69) is 10.6 Å². The number of anilines is 1. The van der Waals surface area contributed by atoms with Gasteiger partial charge in [0.15, 0.2) is 0 Å². The van der Waals surface area contributed by atoms with Crippen LogP contribution in [0.25, 0.3) is 0 Å². The van der Waals surface area contributed by atoms with E-state index in [4.69, 9.17) is 9.47 Å². The molecule has 0 unspecified atom stereocenters. The molecule has 2 rings (SSSR count). The van der Waals surface area contributed by atoms with Crippen LogP contribution in [0.1, 0.15) is 26.3 Å². The van der Waals surface area contributed by atoms with Crippen LogP contribution in [0.2, 0.25) is 0 Å². The van der Waals surface area contributed by atoms with Crippen LogP contribution in [0.4, 0.5) is 10.5 Å². The Labute approximate surface area is 149 Å². The lowest BCUT2D eigenvalue weighted by Gasteiger charge is -2.30. The number of nitrogens with one attached hydrogen (secondary N) is 2. The number of hydrogen-bond acceptors (Lipinski definition) is 3. The van der Waals surface area contributed by atoms with Gasteiger partial charge in [-0.3, -0.25) is 0 Å². The molecule has 0 spiro atoms. The average Bonchev–Trinajstić information content (AvgIpc) is 2.57. The fourth-order valence-electron chi connectivity index (χ4n) is 2.59. The maximum absolute atomic E-state index is 12.4. The van der Waals surface area contributed by atoms with Crippen LogP contribution in [-0.4, -0.2) is 25.9 Å². The molecule has 0 saturated heterocycles. The molecule has 0 fully saturated rings. The molecule has 1 atom stereocenters. The summed E-state index contributed by atoms with van der Waals surface area (Å²) in [6.45, 7) is 6.25. The Kier molecular flexibility index (Phi) is 6.42. The second kappa shape index (κ2) is 8.53. The quantitative estimate of drug-likeness (QED) is 0.794. The molecule has 0 saturated carbocycles. The summed E-state index contributed by atoms with van der Waals surface area (Å²) >= 11 is 0. The fourth-order valence-corrected chi connectivity index (χ4v) is 2.59. The van der Waals surface area contributed by atoms with Gasteiger partial charge in [-0.05, 0) is 50.6 Å². The number of amides is 2. The first-order valence-electron chi connectivity index (χ1n) is 8.33. The summed E-state index contributed by atoms with van der Waals surface area (Å²) in [4.78, 5) is 12.4. The summed E-state index contributed by atoms with van der Waals surface area (Å²) in [6, 6.07) is 16.8. The van der Waals surface area contributed by atoms with Crippen molar-refractivity contribution in [3.05, 3.63) is 60.2 Å². The Morgan fingerprint density at radius 1 is 1.08 bits per heavy atom. The molecular formula is C20H26N2O3. The van der Waals surface area contributed by atoms with Gasteiger partial charge >= 0.3 is 6.03 Å². The standard InChI is InChI=1S/C20H26N2O3/c1-15(2)25-18-12-10-17(11-13-18)21-19(23)22-20(3,14-24-4)16-8-6-5-7-9-16/h5-13,15H,14H2,1-4H3,(H2,21,22,23)/t20-/m0/s1. The smallest absolute Gasteiger partial charge is 0.320 e. The maximum Gasteiger partial charge on any atom is 0.320 e. The van der Waals surface area contributed by atoms with Gasteiger partial charge in [-0.25, -0.2) is 4.79 Å². The number of rotatable bonds is 7. The minimum atomic E-state index is -0.624. The normalized spacial score (nSPS) is 13.2. The largest absolute Gasteiger partial charge is 0.491 e. The highest BCUT2D eigenvalue weighted by Gasteiger charge is 2.28. The second-order valence-electron chi connectivity index (χ2n) is 6.40. The van der Waals surface area contributed by atoms with Crippen LogP contribution in [0.15, 0.2) is 54.6 Å². The Hall–Kier alpha value is -2.53. The predicted octanol–water partition coefficient (Wildman–Crippen LogP) is 4.16. The van der Waals surface area contributed by atoms with Crippen molar-refractivity contribution < 1.29 is 14.3 Å². The lowest BCUT2D eigenvalue weighted by Crippen LogP contribution is -2.48. The van der Waals surface area contributed by atoms with E-state index in [9.17, 15) is 4.79 Å². The number of urea groups is 1. The van der Waals surface area contributed by atoms with Crippen molar-refractivity contribution in [3.8, 4) is 5.75 Å². The van der Waals surface area contributed by atoms with Gasteiger partial charge in [0.05, 0.1) is 18.2 Å². The number of carbonyl (C=O) groups excluding carboxylic acids is 1. The first kappa shape index (κ1) is 18.8. The summed E-state index contributed by atoms with van der Waals surface area (Å²) < 4.78 is 10.9. The highest BCUT2D eigenvalue weighted by Crippen LogP contribution is 2.22. The summed E-state index contributed by atoms with van der Waals surface area (Å²) in [5, 5.41) is 5.84. The SMILES string of the molecule is COC[C@](C)(NC(=O)Nc1ccc(OC(C)C)cc1)c1ccccc1. The van der Waals surface area contributed by atoms with Gasteiger partial charge in [-0.15, -0.1) is 0 Å². The van der Waals surface area contributed by atoms with Gasteiger partial charge in [0.1, 0.15) is 5.75 Å². The molecule has 0 radical (unpaired) electrons. The molecule has 0 aliphatic rings. The lowest BCUT2D eigenvalue weighted by atomic mass is 9.93. The number of benzene rings is 2. The van der Waals surface area contributed by atoms with Crippen molar-refractivity contribution >= 4 is 11.7 Å². The van der Waals surface area contributed by atoms with Crippen LogP contribution in [0, 0.1) is 0 Å². The molecule has 5 heteroatoms. The molecular weight excluding hydrogens is 316 g/mol. The predicted molar refractivity (Wildman–Crippen MR) is 100 cm³/mol. The minimum absolute atomic E-state index is 0.114. The Morgan fingerprint density at radius 2 is 1.72 bits per heavy atom. The highest BCUT2D eigenvalue weighted by molar-refractivity contribution is 5.89. The van der Waals surface area contributed by atoms with Gasteiger partial charge in [0.2, 0.25) is 0 Å². The summed E-state index contributed by atoms with van der Waals surface area (Å²) in [5.41, 5.74) is 1.05. The molecule has 2 amide bonds. The van der Waals surface area contributed by atoms with Crippen LogP contribution in [0.3, 0.4) is 0 Å². The maximum atomic E-state index is 12.4. The van der Waals surface area contributed by atoms with E-state index >= 15 is 0 Å². The zero-order valence-corrected chi connectivity index (χ0v) is 15.2. The van der Waals surface area contributed by atoms with Gasteiger partial charge < -0.3 is 20.1 Å². The zero-order chi connectivity index (χ0) is 18.3. The van der Waals surface area contributed by atoms with Crippen LogP contribution < -0.4 is 15.4 Å². The topological polar surface area (TPSA) is 59.6 Å². The molecule has 2 aromatic rings. The molecule has 0 aromatic heterocycles. The monoisotopic (exact) mass is 342 g/mol. The Morgan fingerprint density at radius 3 is 2.28 bits per heavy atom. The number of carbonyl (C=O) groups is 1. The summed E-state index contributed by atoms with van der Waals surface area (Å²) in [5.74, 6) is 0.773. The third-order valence-corrected chi connectivity index (χ3v) is 3.72. The van der Waals surface area contributed by atoms with E-state index in [-0.39, 0.29) is 12.1 Å². The van der Waals surface area contributed by atoms with Crippen LogP contribution >= 0.6 is 0 Å². The third kappa shape index (κ3) is 5.50. The van der Waals surface area contributed by atoms with E-state index < -0.39 is 5.54 Å². The van der Waals surface area contributed by atoms with Crippen molar-refractivity contribution in [2.75, 3.05) is 19.0 Å². The van der Waals surface area contributed by atoms with Crippen LogP contribution in [0.5, 0.6) is 5.75 Å². The first-order valence-corrected chi connectivity index (χ1v) is 8.33. The van der Waals surface area contributed by atoms with E-state index in [1.54, 1.807) is 7.11 Å². The second-order valence-corrected chi connectivity index (χ2v) is 6.40. The number of hydrogen-bond donors (Lipinski definition) is 2. The van der Waals surface area contributed by atoms with E-state index in [1.807, 2.05) is 75.4 Å². The summed E-state index contributed by atoms with van der Waals surface area (Å²) in [6.07, 6.45) is 0.114. The number of ether oxygens (including phenoxy) is 2. The fraction of sp³-hybridized carbons (Fsp3) is 0.350. The Balaban J connectivity index is 2.04. The molecule has 0 aliphatic carbocycles. The van der Waals surface area contributed by atoms with Gasteiger partial charge in [-0.1, -0.05) is 30.3 Å². The third-order valence-electron chi connectivity index (χ3n) is 3.72. The molecule has 0 heterocycles. The molecule has 0 aliphatic heterocycles. The van der Waals surface area contributed by atoms with Crippen molar-refractivity contribution in [1.82, 2.24) is 5.32 Å². The van der Waals surface area contributed by atoms with Gasteiger partial charge in [0.25, 0.3) is 0 Å². The molecule has 134 valence electrons. The average molecular weight is 342 g/mol. The van der Waals surface area contributed by atoms with Crippen molar-refractivity contribution in [2.24, 2.45) is 0 Å². The molecule has 5 nitrogen and oxygen atoms in total. The van der Waals surface area contributed by atoms with Gasteiger partial charge in [-0.2, -0.15) is 0 Å². The van der Waals surface area contributed by atoms with Crippen LogP contribution in [-0.2, 0) is 10.3 Å². The molecule has 25 heavy (non-hydrogen) atoms. The number of methoxy groups -OCH3 is 1. The zero-order valence-electron chi connectivity index (χ0n) is 15.2. The minimum Gasteiger partial charge on any atom is -0.491 e.